The fourth-order valence-electron chi connectivity index (χ4n) is 3.35. The number of pyridine rings is 1. The summed E-state index contributed by atoms with van der Waals surface area (Å²) in [5.74, 6) is 1.22. The lowest BCUT2D eigenvalue weighted by molar-refractivity contribution is -0.383. The Balaban J connectivity index is 1.93. The average Bonchev–Trinajstić information content (AvgIpc) is 2.79. The molecular formula is C23H20N4O4. The molecule has 0 bridgehead atoms. The third-order valence-corrected chi connectivity index (χ3v) is 4.78. The van der Waals surface area contributed by atoms with Crippen LogP contribution in [0.3, 0.4) is 0 Å². The van der Waals surface area contributed by atoms with Gasteiger partial charge in [-0.3, -0.25) is 10.1 Å². The Kier molecular flexibility index (Phi) is 5.53. The first-order valence-corrected chi connectivity index (χ1v) is 9.49. The number of anilines is 4. The molecule has 0 amide bonds. The van der Waals surface area contributed by atoms with Crippen molar-refractivity contribution in [3.05, 3.63) is 82.9 Å². The van der Waals surface area contributed by atoms with Gasteiger partial charge in [0.25, 0.3) is 0 Å². The minimum atomic E-state index is -0.449. The van der Waals surface area contributed by atoms with Crippen LogP contribution in [-0.2, 0) is 0 Å². The molecule has 4 aromatic rings. The third-order valence-electron chi connectivity index (χ3n) is 4.78. The maximum absolute atomic E-state index is 12.2. The zero-order valence-electron chi connectivity index (χ0n) is 17.0. The third kappa shape index (κ3) is 3.91. The molecular weight excluding hydrogens is 396 g/mol. The molecule has 4 rings (SSSR count). The Bertz CT molecular complexity index is 1260. The van der Waals surface area contributed by atoms with Crippen molar-refractivity contribution in [3.8, 4) is 11.5 Å². The van der Waals surface area contributed by atoms with E-state index in [9.17, 15) is 10.1 Å². The van der Waals surface area contributed by atoms with Gasteiger partial charge in [0.1, 0.15) is 17.2 Å². The standard InChI is InChI=1S/C23H20N4O4/c1-30-19-13-7-5-11-17(19)24-21-15-9-3-4-10-16(15)25-23(22(21)27(28)29)26-18-12-6-8-14-20(18)31-2/h3-14H,1-2H3,(H2,24,25,26). The van der Waals surface area contributed by atoms with E-state index in [1.54, 1.807) is 43.5 Å². The van der Waals surface area contributed by atoms with Gasteiger partial charge in [0, 0.05) is 5.39 Å². The highest BCUT2D eigenvalue weighted by atomic mass is 16.6. The van der Waals surface area contributed by atoms with E-state index in [2.05, 4.69) is 15.6 Å². The molecule has 0 fully saturated rings. The number of fused-ring (bicyclic) bond motifs is 1. The number of para-hydroxylation sites is 5. The summed E-state index contributed by atoms with van der Waals surface area (Å²) in [6.07, 6.45) is 0. The number of nitrogens with one attached hydrogen (secondary N) is 2. The molecule has 0 aliphatic heterocycles. The summed E-state index contributed by atoms with van der Waals surface area (Å²) in [7, 11) is 3.09. The summed E-state index contributed by atoms with van der Waals surface area (Å²) in [5.41, 5.74) is 1.91. The van der Waals surface area contributed by atoms with E-state index in [0.29, 0.717) is 39.5 Å². The van der Waals surface area contributed by atoms with Crippen LogP contribution in [0.1, 0.15) is 0 Å². The monoisotopic (exact) mass is 416 g/mol. The van der Waals surface area contributed by atoms with Crippen LogP contribution in [0.25, 0.3) is 10.9 Å². The predicted molar refractivity (Wildman–Crippen MR) is 121 cm³/mol. The molecule has 0 spiro atoms. The van der Waals surface area contributed by atoms with Gasteiger partial charge in [0.2, 0.25) is 5.82 Å². The fraction of sp³-hybridized carbons (Fsp3) is 0.0870. The van der Waals surface area contributed by atoms with E-state index in [0.717, 1.165) is 0 Å². The topological polar surface area (TPSA) is 98.5 Å². The molecule has 0 saturated carbocycles. The molecule has 0 aliphatic rings. The maximum atomic E-state index is 12.2. The minimum Gasteiger partial charge on any atom is -0.495 e. The summed E-state index contributed by atoms with van der Waals surface area (Å²) in [6.45, 7) is 0. The van der Waals surface area contributed by atoms with Crippen molar-refractivity contribution in [2.45, 2.75) is 0 Å². The van der Waals surface area contributed by atoms with Crippen LogP contribution in [-0.4, -0.2) is 24.1 Å². The number of ether oxygens (including phenoxy) is 2. The second-order valence-corrected chi connectivity index (χ2v) is 6.61. The molecule has 0 unspecified atom stereocenters. The van der Waals surface area contributed by atoms with Gasteiger partial charge in [-0.2, -0.15) is 0 Å². The maximum Gasteiger partial charge on any atom is 0.335 e. The van der Waals surface area contributed by atoms with Crippen molar-refractivity contribution in [1.29, 1.82) is 0 Å². The van der Waals surface area contributed by atoms with Crippen LogP contribution in [0.5, 0.6) is 11.5 Å². The molecule has 31 heavy (non-hydrogen) atoms. The first kappa shape index (κ1) is 20.0. The first-order chi connectivity index (χ1) is 15.1. The lowest BCUT2D eigenvalue weighted by Crippen LogP contribution is -2.06. The number of methoxy groups -OCH3 is 2. The highest BCUT2D eigenvalue weighted by Gasteiger charge is 2.26. The van der Waals surface area contributed by atoms with Gasteiger partial charge in [-0.25, -0.2) is 4.98 Å². The zero-order valence-corrected chi connectivity index (χ0v) is 17.0. The number of benzene rings is 3. The van der Waals surface area contributed by atoms with E-state index in [1.165, 1.54) is 7.11 Å². The Hall–Kier alpha value is -4.33. The van der Waals surface area contributed by atoms with Crippen molar-refractivity contribution >= 4 is 39.5 Å². The van der Waals surface area contributed by atoms with Crippen LogP contribution in [0.15, 0.2) is 72.8 Å². The molecule has 1 heterocycles. The molecule has 0 saturated heterocycles. The van der Waals surface area contributed by atoms with Gasteiger partial charge < -0.3 is 20.1 Å². The van der Waals surface area contributed by atoms with E-state index in [4.69, 9.17) is 9.47 Å². The predicted octanol–water partition coefficient (Wildman–Crippen LogP) is 5.65. The number of hydrogen-bond acceptors (Lipinski definition) is 7. The van der Waals surface area contributed by atoms with Gasteiger partial charge >= 0.3 is 5.69 Å². The van der Waals surface area contributed by atoms with Gasteiger partial charge in [0.05, 0.1) is 36.0 Å². The van der Waals surface area contributed by atoms with Crippen molar-refractivity contribution in [2.75, 3.05) is 24.9 Å². The van der Waals surface area contributed by atoms with Crippen molar-refractivity contribution in [2.24, 2.45) is 0 Å². The Morgan fingerprint density at radius 2 is 1.35 bits per heavy atom. The Morgan fingerprint density at radius 3 is 1.97 bits per heavy atom. The number of nitrogens with zero attached hydrogens (tertiary/aromatic N) is 2. The summed E-state index contributed by atoms with van der Waals surface area (Å²) in [6, 6.07) is 21.7. The number of aromatic nitrogens is 1. The molecule has 1 aromatic heterocycles. The smallest absolute Gasteiger partial charge is 0.335 e. The number of hydrogen-bond donors (Lipinski definition) is 2. The van der Waals surface area contributed by atoms with E-state index >= 15 is 0 Å². The van der Waals surface area contributed by atoms with Gasteiger partial charge in [-0.1, -0.05) is 42.5 Å². The Labute approximate surface area is 178 Å². The average molecular weight is 416 g/mol. The summed E-state index contributed by atoms with van der Waals surface area (Å²) < 4.78 is 10.8. The van der Waals surface area contributed by atoms with Crippen LogP contribution >= 0.6 is 0 Å². The number of nitro groups is 1. The molecule has 0 aliphatic carbocycles. The quantitative estimate of drug-likeness (QED) is 0.297. The van der Waals surface area contributed by atoms with Crippen LogP contribution in [0.4, 0.5) is 28.6 Å². The number of rotatable bonds is 7. The van der Waals surface area contributed by atoms with Crippen LogP contribution in [0, 0.1) is 10.1 Å². The lowest BCUT2D eigenvalue weighted by atomic mass is 10.1. The van der Waals surface area contributed by atoms with Crippen LogP contribution in [0.2, 0.25) is 0 Å². The van der Waals surface area contributed by atoms with Gasteiger partial charge in [-0.15, -0.1) is 0 Å². The van der Waals surface area contributed by atoms with Crippen molar-refractivity contribution < 1.29 is 14.4 Å². The normalized spacial score (nSPS) is 10.5. The Morgan fingerprint density at radius 1 is 0.806 bits per heavy atom. The van der Waals surface area contributed by atoms with Crippen molar-refractivity contribution in [3.63, 3.8) is 0 Å². The molecule has 0 radical (unpaired) electrons. The van der Waals surface area contributed by atoms with E-state index in [1.807, 2.05) is 36.4 Å². The highest BCUT2D eigenvalue weighted by Crippen LogP contribution is 2.42. The van der Waals surface area contributed by atoms with Gasteiger partial charge in [-0.05, 0) is 30.3 Å². The molecule has 2 N–H and O–H groups in total. The summed E-state index contributed by atoms with van der Waals surface area (Å²) in [5, 5.41) is 19.1. The van der Waals surface area contributed by atoms with Gasteiger partial charge in [0.15, 0.2) is 0 Å². The lowest BCUT2D eigenvalue weighted by Gasteiger charge is -2.16. The fourth-order valence-corrected chi connectivity index (χ4v) is 3.35. The largest absolute Gasteiger partial charge is 0.495 e. The molecule has 0 atom stereocenters. The zero-order chi connectivity index (χ0) is 21.8. The summed E-state index contributed by atoms with van der Waals surface area (Å²) in [4.78, 5) is 16.3. The second kappa shape index (κ2) is 8.58. The van der Waals surface area contributed by atoms with Crippen molar-refractivity contribution in [1.82, 2.24) is 4.98 Å². The summed E-state index contributed by atoms with van der Waals surface area (Å²) >= 11 is 0. The molecule has 8 heteroatoms. The first-order valence-electron chi connectivity index (χ1n) is 9.49. The van der Waals surface area contributed by atoms with Crippen LogP contribution < -0.4 is 20.1 Å². The van der Waals surface area contributed by atoms with E-state index in [-0.39, 0.29) is 11.5 Å². The molecule has 156 valence electrons. The minimum absolute atomic E-state index is 0.102. The highest BCUT2D eigenvalue weighted by molar-refractivity contribution is 6.02. The molecule has 8 nitrogen and oxygen atoms in total. The molecule has 3 aromatic carbocycles. The SMILES string of the molecule is COc1ccccc1Nc1nc2ccccc2c(Nc2ccccc2OC)c1[N+](=O)[O-]. The second-order valence-electron chi connectivity index (χ2n) is 6.61. The van der Waals surface area contributed by atoms with E-state index < -0.39 is 4.92 Å².